The van der Waals surface area contributed by atoms with Gasteiger partial charge in [-0.15, -0.1) is 0 Å². The van der Waals surface area contributed by atoms with E-state index in [0.29, 0.717) is 30.7 Å². The zero-order valence-electron chi connectivity index (χ0n) is 12.7. The first-order valence-electron chi connectivity index (χ1n) is 7.34. The third kappa shape index (κ3) is 6.69. The van der Waals surface area contributed by atoms with Crippen molar-refractivity contribution in [2.24, 2.45) is 5.73 Å². The van der Waals surface area contributed by atoms with Gasteiger partial charge in [0.15, 0.2) is 0 Å². The van der Waals surface area contributed by atoms with Crippen molar-refractivity contribution >= 4 is 28.8 Å². The second-order valence-electron chi connectivity index (χ2n) is 5.03. The molecule has 1 rings (SSSR count). The Kier molecular flexibility index (Phi) is 7.93. The summed E-state index contributed by atoms with van der Waals surface area (Å²) in [6.45, 7) is 4.79. The number of hydrogen-bond acceptors (Lipinski definition) is 3. The quantitative estimate of drug-likeness (QED) is 0.543. The number of anilines is 1. The summed E-state index contributed by atoms with van der Waals surface area (Å²) in [7, 11) is 0. The highest BCUT2D eigenvalue weighted by molar-refractivity contribution is 7.80. The van der Waals surface area contributed by atoms with Crippen molar-refractivity contribution in [3.63, 3.8) is 0 Å². The van der Waals surface area contributed by atoms with Crippen LogP contribution in [0.4, 0.5) is 5.69 Å². The van der Waals surface area contributed by atoms with Crippen molar-refractivity contribution in [2.45, 2.75) is 45.6 Å². The van der Waals surface area contributed by atoms with Gasteiger partial charge in [-0.2, -0.15) is 0 Å². The topological polar surface area (TPSA) is 64.3 Å². The maximum Gasteiger partial charge on any atom is 0.224 e. The summed E-state index contributed by atoms with van der Waals surface area (Å²) < 4.78 is 5.62. The summed E-state index contributed by atoms with van der Waals surface area (Å²) in [6, 6.07) is 7.28. The van der Waals surface area contributed by atoms with Crippen LogP contribution in [-0.4, -0.2) is 23.6 Å². The molecule has 116 valence electrons. The van der Waals surface area contributed by atoms with Gasteiger partial charge in [0.05, 0.1) is 11.8 Å². The Hall–Kier alpha value is -1.46. The van der Waals surface area contributed by atoms with Gasteiger partial charge >= 0.3 is 0 Å². The molecule has 0 radical (unpaired) electrons. The lowest BCUT2D eigenvalue weighted by molar-refractivity contribution is -0.116. The Morgan fingerprint density at radius 1 is 1.43 bits per heavy atom. The average molecular weight is 308 g/mol. The molecule has 0 bridgehead atoms. The van der Waals surface area contributed by atoms with Crippen molar-refractivity contribution in [1.29, 1.82) is 0 Å². The van der Waals surface area contributed by atoms with Crippen LogP contribution in [0, 0.1) is 0 Å². The van der Waals surface area contributed by atoms with E-state index in [1.54, 1.807) is 12.1 Å². The normalized spacial score (nSPS) is 11.9. The second kappa shape index (κ2) is 9.47. The predicted octanol–water partition coefficient (Wildman–Crippen LogP) is 3.24. The first kappa shape index (κ1) is 17.6. The Morgan fingerprint density at radius 3 is 2.81 bits per heavy atom. The van der Waals surface area contributed by atoms with Crippen molar-refractivity contribution < 1.29 is 9.53 Å². The predicted molar refractivity (Wildman–Crippen MR) is 90.5 cm³/mol. The molecule has 0 aliphatic heterocycles. The summed E-state index contributed by atoms with van der Waals surface area (Å²) in [5, 5.41) is 2.84. The number of carbonyl (C=O) groups excluding carboxylic acids is 1. The largest absolute Gasteiger partial charge is 0.389 e. The van der Waals surface area contributed by atoms with Crippen molar-refractivity contribution in [3.8, 4) is 0 Å². The molecule has 5 heteroatoms. The Morgan fingerprint density at radius 2 is 2.14 bits per heavy atom. The van der Waals surface area contributed by atoms with Gasteiger partial charge in [-0.05, 0) is 31.9 Å². The Labute approximate surface area is 132 Å². The van der Waals surface area contributed by atoms with Crippen LogP contribution in [-0.2, 0) is 9.53 Å². The summed E-state index contributed by atoms with van der Waals surface area (Å²) in [5.74, 6) is -0.0505. The summed E-state index contributed by atoms with van der Waals surface area (Å²) in [4.78, 5) is 12.2. The third-order valence-corrected chi connectivity index (χ3v) is 3.33. The summed E-state index contributed by atoms with van der Waals surface area (Å²) in [6.07, 6.45) is 3.54. The molecule has 0 fully saturated rings. The van der Waals surface area contributed by atoms with Gasteiger partial charge < -0.3 is 15.8 Å². The standard InChI is InChI=1S/C16H24N2O2S/c1-3-7-12(2)20-11-6-10-15(19)18-14-9-5-4-8-13(14)16(17)21/h4-5,8-9,12H,3,6-7,10-11H2,1-2H3,(H2,17,21)(H,18,19). The minimum absolute atomic E-state index is 0.0505. The van der Waals surface area contributed by atoms with Gasteiger partial charge in [0, 0.05) is 18.6 Å². The molecule has 0 aliphatic carbocycles. The second-order valence-corrected chi connectivity index (χ2v) is 5.47. The summed E-state index contributed by atoms with van der Waals surface area (Å²) >= 11 is 4.97. The Bertz CT molecular complexity index is 477. The van der Waals surface area contributed by atoms with Crippen molar-refractivity contribution in [3.05, 3.63) is 29.8 Å². The van der Waals surface area contributed by atoms with Crippen molar-refractivity contribution in [2.75, 3.05) is 11.9 Å². The number of amides is 1. The molecular formula is C16H24N2O2S. The molecule has 0 heterocycles. The highest BCUT2D eigenvalue weighted by Crippen LogP contribution is 2.15. The van der Waals surface area contributed by atoms with E-state index in [4.69, 9.17) is 22.7 Å². The first-order valence-corrected chi connectivity index (χ1v) is 7.75. The van der Waals surface area contributed by atoms with Gasteiger partial charge in [0.25, 0.3) is 0 Å². The molecule has 1 atom stereocenters. The number of para-hydroxylation sites is 1. The highest BCUT2D eigenvalue weighted by atomic mass is 32.1. The van der Waals surface area contributed by atoms with Gasteiger partial charge in [0.1, 0.15) is 4.99 Å². The van der Waals surface area contributed by atoms with Gasteiger partial charge in [-0.1, -0.05) is 37.7 Å². The highest BCUT2D eigenvalue weighted by Gasteiger charge is 2.08. The zero-order valence-corrected chi connectivity index (χ0v) is 13.5. The number of ether oxygens (including phenoxy) is 1. The smallest absolute Gasteiger partial charge is 0.224 e. The molecule has 1 unspecified atom stereocenters. The lowest BCUT2D eigenvalue weighted by Gasteiger charge is -2.12. The van der Waals surface area contributed by atoms with Crippen molar-refractivity contribution in [1.82, 2.24) is 0 Å². The van der Waals surface area contributed by atoms with Gasteiger partial charge in [0.2, 0.25) is 5.91 Å². The number of nitrogens with one attached hydrogen (secondary N) is 1. The van der Waals surface area contributed by atoms with Crippen LogP contribution in [0.2, 0.25) is 0 Å². The van der Waals surface area contributed by atoms with E-state index in [-0.39, 0.29) is 17.0 Å². The monoisotopic (exact) mass is 308 g/mol. The maximum absolute atomic E-state index is 11.9. The third-order valence-electron chi connectivity index (χ3n) is 3.11. The first-order chi connectivity index (χ1) is 10.0. The molecule has 0 saturated carbocycles. The van der Waals surface area contributed by atoms with Gasteiger partial charge in [-0.25, -0.2) is 0 Å². The molecule has 1 amide bonds. The number of benzene rings is 1. The zero-order chi connectivity index (χ0) is 15.7. The van der Waals surface area contributed by atoms with E-state index in [9.17, 15) is 4.79 Å². The van der Waals surface area contributed by atoms with Crippen LogP contribution >= 0.6 is 12.2 Å². The van der Waals surface area contributed by atoms with Crippen LogP contribution in [0.25, 0.3) is 0 Å². The minimum atomic E-state index is -0.0505. The molecular weight excluding hydrogens is 284 g/mol. The Balaban J connectivity index is 2.36. The van der Waals surface area contributed by atoms with Crippen LogP contribution in [0.15, 0.2) is 24.3 Å². The molecule has 0 spiro atoms. The fraction of sp³-hybridized carbons (Fsp3) is 0.500. The van der Waals surface area contributed by atoms with Crippen LogP contribution in [0.5, 0.6) is 0 Å². The van der Waals surface area contributed by atoms with E-state index < -0.39 is 0 Å². The number of hydrogen-bond donors (Lipinski definition) is 2. The molecule has 1 aromatic rings. The van der Waals surface area contributed by atoms with Crippen LogP contribution in [0.3, 0.4) is 0 Å². The van der Waals surface area contributed by atoms with Crippen LogP contribution in [0.1, 0.15) is 45.1 Å². The van der Waals surface area contributed by atoms with E-state index in [2.05, 4.69) is 19.2 Å². The number of rotatable bonds is 9. The number of thiocarbonyl (C=S) groups is 1. The number of carbonyl (C=O) groups is 1. The van der Waals surface area contributed by atoms with Crippen LogP contribution < -0.4 is 11.1 Å². The molecule has 0 aromatic heterocycles. The maximum atomic E-state index is 11.9. The molecule has 0 aliphatic rings. The molecule has 21 heavy (non-hydrogen) atoms. The number of nitrogens with two attached hydrogens (primary N) is 1. The summed E-state index contributed by atoms with van der Waals surface area (Å²) in [5.41, 5.74) is 6.98. The van der Waals surface area contributed by atoms with E-state index in [0.717, 1.165) is 12.8 Å². The molecule has 4 nitrogen and oxygen atoms in total. The SMILES string of the molecule is CCCC(C)OCCCC(=O)Nc1ccccc1C(N)=S. The van der Waals surface area contributed by atoms with E-state index in [1.807, 2.05) is 12.1 Å². The fourth-order valence-electron chi connectivity index (χ4n) is 2.03. The minimum Gasteiger partial charge on any atom is -0.389 e. The lowest BCUT2D eigenvalue weighted by Crippen LogP contribution is -2.18. The average Bonchev–Trinajstić information content (AvgIpc) is 2.44. The molecule has 1 aromatic carbocycles. The van der Waals surface area contributed by atoms with E-state index >= 15 is 0 Å². The molecule has 3 N–H and O–H groups in total. The lowest BCUT2D eigenvalue weighted by atomic mass is 10.1. The fourth-order valence-corrected chi connectivity index (χ4v) is 2.20. The van der Waals surface area contributed by atoms with Gasteiger partial charge in [-0.3, -0.25) is 4.79 Å². The van der Waals surface area contributed by atoms with E-state index in [1.165, 1.54) is 0 Å². The molecule has 0 saturated heterocycles.